The predicted octanol–water partition coefficient (Wildman–Crippen LogP) is 6.29. The Kier molecular flexibility index (Phi) is 7.59. The Bertz CT molecular complexity index is 1470. The number of ether oxygens (including phenoxy) is 6. The van der Waals surface area contributed by atoms with Crippen molar-refractivity contribution < 1.29 is 33.2 Å². The highest BCUT2D eigenvalue weighted by Crippen LogP contribution is 2.43. The van der Waals surface area contributed by atoms with E-state index in [1.165, 1.54) is 0 Å². The lowest BCUT2D eigenvalue weighted by Crippen LogP contribution is -2.35. The Labute approximate surface area is 227 Å². The molecule has 1 heterocycles. The van der Waals surface area contributed by atoms with Gasteiger partial charge in [-0.3, -0.25) is 0 Å². The highest BCUT2D eigenvalue weighted by Gasteiger charge is 2.36. The summed E-state index contributed by atoms with van der Waals surface area (Å²) in [5, 5.41) is 0. The molecule has 7 heteroatoms. The van der Waals surface area contributed by atoms with E-state index in [0.29, 0.717) is 40.7 Å². The van der Waals surface area contributed by atoms with Crippen LogP contribution in [0.4, 0.5) is 0 Å². The molecule has 0 N–H and O–H groups in total. The smallest absolute Gasteiger partial charge is 0.338 e. The minimum atomic E-state index is -0.600. The van der Waals surface area contributed by atoms with Gasteiger partial charge in [0.2, 0.25) is 0 Å². The van der Waals surface area contributed by atoms with E-state index in [0.717, 1.165) is 22.3 Å². The lowest BCUT2D eigenvalue weighted by Gasteiger charge is -2.34. The zero-order valence-electron chi connectivity index (χ0n) is 22.3. The summed E-state index contributed by atoms with van der Waals surface area (Å²) in [6.07, 6.45) is -0.709. The van der Waals surface area contributed by atoms with Gasteiger partial charge in [0, 0.05) is 29.7 Å². The van der Waals surface area contributed by atoms with Crippen LogP contribution in [0.15, 0.2) is 84.9 Å². The Hall–Kier alpha value is -4.65. The fourth-order valence-electron chi connectivity index (χ4n) is 4.81. The molecule has 5 rings (SSSR count). The molecular weight excluding hydrogens is 496 g/mol. The topological polar surface area (TPSA) is 72.5 Å². The Morgan fingerprint density at radius 3 is 2.23 bits per heavy atom. The van der Waals surface area contributed by atoms with E-state index in [1.807, 2.05) is 60.7 Å². The van der Waals surface area contributed by atoms with Crippen molar-refractivity contribution in [3.63, 3.8) is 0 Å². The maximum absolute atomic E-state index is 13.6. The third-order valence-corrected chi connectivity index (χ3v) is 6.80. The number of carbonyl (C=O) groups is 1. The molecule has 0 fully saturated rings. The summed E-state index contributed by atoms with van der Waals surface area (Å²) in [5.74, 6) is 2.75. The molecule has 0 unspecified atom stereocenters. The first-order chi connectivity index (χ1) is 19.0. The summed E-state index contributed by atoms with van der Waals surface area (Å²) < 4.78 is 34.6. The molecule has 1 aliphatic heterocycles. The van der Waals surface area contributed by atoms with Gasteiger partial charge in [-0.15, -0.1) is 0 Å². The van der Waals surface area contributed by atoms with E-state index in [9.17, 15) is 4.79 Å². The third kappa shape index (κ3) is 5.34. The lowest BCUT2D eigenvalue weighted by molar-refractivity contribution is -0.0187. The fraction of sp³-hybridized carbons (Fsp3) is 0.219. The Morgan fingerprint density at radius 2 is 1.51 bits per heavy atom. The monoisotopic (exact) mass is 526 g/mol. The van der Waals surface area contributed by atoms with Gasteiger partial charge >= 0.3 is 5.97 Å². The molecule has 0 spiro atoms. The van der Waals surface area contributed by atoms with Crippen LogP contribution in [0.25, 0.3) is 11.1 Å². The highest BCUT2D eigenvalue weighted by molar-refractivity contribution is 5.92. The highest BCUT2D eigenvalue weighted by atomic mass is 16.6. The van der Waals surface area contributed by atoms with Gasteiger partial charge in [-0.05, 0) is 41.5 Å². The van der Waals surface area contributed by atoms with Gasteiger partial charge in [0.25, 0.3) is 0 Å². The van der Waals surface area contributed by atoms with Crippen molar-refractivity contribution in [3.05, 3.63) is 102 Å². The molecule has 0 aromatic heterocycles. The zero-order chi connectivity index (χ0) is 27.4. The molecule has 4 aromatic rings. The van der Waals surface area contributed by atoms with Crippen LogP contribution in [0.5, 0.6) is 28.7 Å². The minimum Gasteiger partial charge on any atom is -0.497 e. The van der Waals surface area contributed by atoms with Crippen molar-refractivity contribution in [1.82, 2.24) is 0 Å². The maximum atomic E-state index is 13.6. The molecule has 2 atom stereocenters. The number of esters is 1. The summed E-state index contributed by atoms with van der Waals surface area (Å²) >= 11 is 0. The molecule has 0 saturated carbocycles. The molecular formula is C32H30O7. The van der Waals surface area contributed by atoms with Gasteiger partial charge in [0.1, 0.15) is 34.9 Å². The van der Waals surface area contributed by atoms with E-state index in [4.69, 9.17) is 28.4 Å². The molecule has 0 aliphatic carbocycles. The van der Waals surface area contributed by atoms with Gasteiger partial charge in [-0.1, -0.05) is 42.5 Å². The van der Waals surface area contributed by atoms with Crippen molar-refractivity contribution in [2.45, 2.75) is 18.6 Å². The van der Waals surface area contributed by atoms with Crippen LogP contribution in [-0.2, 0) is 11.2 Å². The van der Waals surface area contributed by atoms with Crippen molar-refractivity contribution in [2.75, 3.05) is 28.4 Å². The molecule has 4 aromatic carbocycles. The fourth-order valence-corrected chi connectivity index (χ4v) is 4.81. The second-order valence-corrected chi connectivity index (χ2v) is 9.05. The predicted molar refractivity (Wildman–Crippen MR) is 147 cm³/mol. The molecule has 0 radical (unpaired) electrons. The molecule has 1 aliphatic rings. The average molecular weight is 527 g/mol. The standard InChI is InChI=1S/C32H30O7/c1-34-23-12-8-11-21(15-23)25-16-22(13-14-27(25)36-3)32(33)39-30-19-26-28(37-4)17-24(35-2)18-29(26)38-31(30)20-9-6-5-7-10-20/h5-18,30-31H,19H2,1-4H3/t30-,31-/m1/s1. The minimum absolute atomic E-state index is 0.396. The number of fused-ring (bicyclic) bond motifs is 1. The summed E-state index contributed by atoms with van der Waals surface area (Å²) in [7, 11) is 6.40. The average Bonchev–Trinajstić information content (AvgIpc) is 3.00. The van der Waals surface area contributed by atoms with Crippen LogP contribution in [-0.4, -0.2) is 40.5 Å². The lowest BCUT2D eigenvalue weighted by atomic mass is 9.93. The molecule has 0 saturated heterocycles. The number of carbonyl (C=O) groups excluding carboxylic acids is 1. The number of methoxy groups -OCH3 is 4. The molecule has 0 amide bonds. The second kappa shape index (κ2) is 11.4. The largest absolute Gasteiger partial charge is 0.497 e. The number of rotatable bonds is 8. The Morgan fingerprint density at radius 1 is 0.744 bits per heavy atom. The SMILES string of the molecule is COc1cccc(-c2cc(C(=O)O[C@@H]3Cc4c(OC)cc(OC)cc4O[C@@H]3c3ccccc3)ccc2OC)c1. The first-order valence-electron chi connectivity index (χ1n) is 12.5. The normalized spacial score (nSPS) is 15.9. The van der Waals surface area contributed by atoms with Gasteiger partial charge in [0.05, 0.1) is 34.0 Å². The van der Waals surface area contributed by atoms with Crippen molar-refractivity contribution in [3.8, 4) is 39.9 Å². The van der Waals surface area contributed by atoms with Crippen LogP contribution in [0.1, 0.15) is 27.6 Å². The zero-order valence-corrected chi connectivity index (χ0v) is 22.3. The first kappa shape index (κ1) is 26.0. The second-order valence-electron chi connectivity index (χ2n) is 9.05. The molecule has 39 heavy (non-hydrogen) atoms. The molecule has 0 bridgehead atoms. The third-order valence-electron chi connectivity index (χ3n) is 6.80. The van der Waals surface area contributed by atoms with Gasteiger partial charge in [-0.25, -0.2) is 4.79 Å². The summed E-state index contributed by atoms with van der Waals surface area (Å²) in [4.78, 5) is 13.6. The van der Waals surface area contributed by atoms with E-state index in [-0.39, 0.29) is 0 Å². The van der Waals surface area contributed by atoms with E-state index in [2.05, 4.69) is 0 Å². The summed E-state index contributed by atoms with van der Waals surface area (Å²) in [6, 6.07) is 26.2. The molecule has 200 valence electrons. The maximum Gasteiger partial charge on any atom is 0.338 e. The Balaban J connectivity index is 1.49. The first-order valence-corrected chi connectivity index (χ1v) is 12.5. The molecule has 7 nitrogen and oxygen atoms in total. The number of hydrogen-bond acceptors (Lipinski definition) is 7. The van der Waals surface area contributed by atoms with Crippen LogP contribution < -0.4 is 23.7 Å². The van der Waals surface area contributed by atoms with Crippen LogP contribution in [0.2, 0.25) is 0 Å². The van der Waals surface area contributed by atoms with Crippen LogP contribution in [0, 0.1) is 0 Å². The number of hydrogen-bond donors (Lipinski definition) is 0. The quantitative estimate of drug-likeness (QED) is 0.250. The van der Waals surface area contributed by atoms with Gasteiger partial charge in [0.15, 0.2) is 6.10 Å². The van der Waals surface area contributed by atoms with Gasteiger partial charge < -0.3 is 28.4 Å². The van der Waals surface area contributed by atoms with Crippen molar-refractivity contribution in [1.29, 1.82) is 0 Å². The number of benzene rings is 4. The van der Waals surface area contributed by atoms with E-state index >= 15 is 0 Å². The van der Waals surface area contributed by atoms with E-state index < -0.39 is 18.2 Å². The summed E-state index contributed by atoms with van der Waals surface area (Å²) in [5.41, 5.74) is 3.72. The van der Waals surface area contributed by atoms with Crippen molar-refractivity contribution in [2.24, 2.45) is 0 Å². The van der Waals surface area contributed by atoms with Crippen molar-refractivity contribution >= 4 is 5.97 Å². The van der Waals surface area contributed by atoms with Gasteiger partial charge in [-0.2, -0.15) is 0 Å². The van der Waals surface area contributed by atoms with Crippen LogP contribution >= 0.6 is 0 Å². The summed E-state index contributed by atoms with van der Waals surface area (Å²) in [6.45, 7) is 0. The van der Waals surface area contributed by atoms with Crippen LogP contribution in [0.3, 0.4) is 0 Å². The van der Waals surface area contributed by atoms with E-state index in [1.54, 1.807) is 52.7 Å².